The van der Waals surface area contributed by atoms with E-state index in [1.165, 1.54) is 6.20 Å². The standard InChI is InChI=1S/C6H7ClN2O2.Al.2H/c1-2-11-6(10)4-3-8-9-5(4)7;;;/h3H,2H2,1H3,(H,8,9,10);;;/q;+1;;/p-1. The predicted octanol–water partition coefficient (Wildman–Crippen LogP) is 0.109. The van der Waals surface area contributed by atoms with Gasteiger partial charge in [0.1, 0.15) is 10.7 Å². The van der Waals surface area contributed by atoms with Crippen molar-refractivity contribution in [1.82, 2.24) is 8.76 Å². The highest BCUT2D eigenvalue weighted by Crippen LogP contribution is 2.14. The molecule has 1 aromatic rings. The van der Waals surface area contributed by atoms with Crippen LogP contribution >= 0.6 is 11.6 Å². The molecule has 1 aromatic heterocycles. The molecule has 0 amide bonds. The molecule has 0 atom stereocenters. The lowest BCUT2D eigenvalue weighted by atomic mass is 10.4. The molecule has 0 spiro atoms. The van der Waals surface area contributed by atoms with E-state index in [1.807, 2.05) is 0 Å². The molecule has 6 heteroatoms. The Kier molecular flexibility index (Phi) is 3.15. The lowest BCUT2D eigenvalue weighted by molar-refractivity contribution is 0.0526. The molecule has 0 aliphatic rings. The Morgan fingerprint density at radius 2 is 2.58 bits per heavy atom. The van der Waals surface area contributed by atoms with Gasteiger partial charge in [-0.1, -0.05) is 11.6 Å². The van der Waals surface area contributed by atoms with Gasteiger partial charge in [-0.15, -0.1) is 0 Å². The van der Waals surface area contributed by atoms with Crippen molar-refractivity contribution in [1.29, 1.82) is 0 Å². The second-order valence-electron chi connectivity index (χ2n) is 2.19. The number of esters is 1. The first-order valence-electron chi connectivity index (χ1n) is 3.51. The van der Waals surface area contributed by atoms with Crippen molar-refractivity contribution in [2.24, 2.45) is 0 Å². The number of nitrogens with zero attached hydrogens (tertiary/aromatic N) is 2. The Bertz CT molecular complexity index is 300. The first-order chi connectivity index (χ1) is 5.66. The minimum atomic E-state index is -0.412. The Hall–Kier alpha value is -0.498. The van der Waals surface area contributed by atoms with Crippen molar-refractivity contribution >= 4 is 34.1 Å². The van der Waals surface area contributed by atoms with Crippen molar-refractivity contribution in [2.45, 2.75) is 6.92 Å². The molecule has 12 heavy (non-hydrogen) atoms. The highest BCUT2D eigenvalue weighted by molar-refractivity contribution is 6.34. The fourth-order valence-corrected chi connectivity index (χ4v) is 1.29. The van der Waals surface area contributed by atoms with Crippen LogP contribution in [0.2, 0.25) is 5.15 Å². The number of ether oxygens (including phenoxy) is 1. The van der Waals surface area contributed by atoms with Crippen molar-refractivity contribution in [3.05, 3.63) is 16.9 Å². The van der Waals surface area contributed by atoms with Crippen LogP contribution in [0.5, 0.6) is 0 Å². The lowest BCUT2D eigenvalue weighted by Gasteiger charge is -1.98. The number of aromatic nitrogens is 2. The zero-order valence-corrected chi connectivity index (χ0v) is 9.63. The molecule has 4 nitrogen and oxygen atoms in total. The topological polar surface area (TPSA) is 44.1 Å². The van der Waals surface area contributed by atoms with Crippen LogP contribution in [-0.2, 0) is 4.74 Å². The molecule has 0 aliphatic carbocycles. The summed E-state index contributed by atoms with van der Waals surface area (Å²) in [5, 5.41) is 4.23. The summed E-state index contributed by atoms with van der Waals surface area (Å²) >= 11 is 6.44. The fraction of sp³-hybridized carbons (Fsp3) is 0.333. The number of hydrogen-bond donors (Lipinski definition) is 0. The highest BCUT2D eigenvalue weighted by atomic mass is 35.5. The van der Waals surface area contributed by atoms with Gasteiger partial charge in [0.15, 0.2) is 0 Å². The molecule has 1 rings (SSSR count). The smallest absolute Gasteiger partial charge is 0.400 e. The summed E-state index contributed by atoms with van der Waals surface area (Å²) < 4.78 is 6.31. The zero-order chi connectivity index (χ0) is 9.14. The molecule has 0 radical (unpaired) electrons. The van der Waals surface area contributed by atoms with E-state index in [-0.39, 0.29) is 0 Å². The van der Waals surface area contributed by atoms with Crippen LogP contribution in [-0.4, -0.2) is 37.9 Å². The van der Waals surface area contributed by atoms with Gasteiger partial charge in [-0.3, -0.25) is 0 Å². The molecule has 64 valence electrons. The molecule has 0 saturated carbocycles. The minimum Gasteiger partial charge on any atom is -0.462 e. The van der Waals surface area contributed by atoms with E-state index < -0.39 is 5.97 Å². The molecule has 0 saturated heterocycles. The maximum atomic E-state index is 11.1. The summed E-state index contributed by atoms with van der Waals surface area (Å²) in [6.07, 6.45) is 1.42. The first-order valence-corrected chi connectivity index (χ1v) is 4.78. The third-order valence-corrected chi connectivity index (χ3v) is 2.77. The van der Waals surface area contributed by atoms with Gasteiger partial charge in [0, 0.05) is 0 Å². The second kappa shape index (κ2) is 3.95. The van der Waals surface area contributed by atoms with Crippen LogP contribution in [0.25, 0.3) is 0 Å². The number of carbonyl (C=O) groups excluding carboxylic acids is 1. The Morgan fingerprint density at radius 1 is 1.92 bits per heavy atom. The van der Waals surface area contributed by atoms with Gasteiger partial charge in [-0.05, 0) is 6.92 Å². The molecule has 0 N–H and O–H groups in total. The normalized spacial score (nSPS) is 9.83. The molecular formula is C6H8AlClN2O2. The maximum Gasteiger partial charge on any atom is 0.400 e. The van der Waals surface area contributed by atoms with Gasteiger partial charge in [-0.2, -0.15) is 0 Å². The summed E-state index contributed by atoms with van der Waals surface area (Å²) in [5.74, 6) is -0.412. The van der Waals surface area contributed by atoms with Gasteiger partial charge >= 0.3 is 22.5 Å². The lowest BCUT2D eigenvalue weighted by Crippen LogP contribution is -2.04. The summed E-state index contributed by atoms with van der Waals surface area (Å²) in [6, 6.07) is 0. The quantitative estimate of drug-likeness (QED) is 0.505. The number of hydrogen-bond acceptors (Lipinski definition) is 3. The summed E-state index contributed by atoms with van der Waals surface area (Å²) in [5.41, 5.74) is 0.341. The van der Waals surface area contributed by atoms with E-state index in [9.17, 15) is 4.79 Å². The van der Waals surface area contributed by atoms with E-state index >= 15 is 0 Å². The first kappa shape index (κ1) is 9.59. The van der Waals surface area contributed by atoms with E-state index in [0.717, 1.165) is 0 Å². The van der Waals surface area contributed by atoms with Gasteiger partial charge in [0.25, 0.3) is 0 Å². The Balaban J connectivity index is 2.88. The maximum absolute atomic E-state index is 11.1. The van der Waals surface area contributed by atoms with Crippen LogP contribution in [0.15, 0.2) is 6.20 Å². The average Bonchev–Trinajstić information content (AvgIpc) is 2.34. The van der Waals surface area contributed by atoms with Crippen LogP contribution in [0.4, 0.5) is 0 Å². The summed E-state index contributed by atoms with van der Waals surface area (Å²) in [4.78, 5) is 11.1. The SMILES string of the molecule is CCOC(=O)c1cn[n]([AlH2])c1Cl. The molecule has 0 fully saturated rings. The largest absolute Gasteiger partial charge is 0.462 e. The van der Waals surface area contributed by atoms with E-state index in [1.54, 1.807) is 10.6 Å². The average molecular weight is 203 g/mol. The molecule has 0 unspecified atom stereocenters. The van der Waals surface area contributed by atoms with Crippen molar-refractivity contribution < 1.29 is 9.53 Å². The van der Waals surface area contributed by atoms with Crippen molar-refractivity contribution in [3.63, 3.8) is 0 Å². The summed E-state index contributed by atoms with van der Waals surface area (Å²) in [6.45, 7) is 2.10. The van der Waals surface area contributed by atoms with E-state index in [4.69, 9.17) is 16.3 Å². The van der Waals surface area contributed by atoms with Crippen LogP contribution in [0.1, 0.15) is 17.3 Å². The van der Waals surface area contributed by atoms with Gasteiger partial charge in [-0.25, -0.2) is 9.89 Å². The predicted molar refractivity (Wildman–Crippen MR) is 47.1 cm³/mol. The Morgan fingerprint density at radius 3 is 3.00 bits per heavy atom. The van der Waals surface area contributed by atoms with Crippen LogP contribution in [0, 0.1) is 0 Å². The van der Waals surface area contributed by atoms with E-state index in [0.29, 0.717) is 33.8 Å². The molecular weight excluding hydrogens is 195 g/mol. The zero-order valence-electron chi connectivity index (χ0n) is 6.87. The third kappa shape index (κ3) is 1.81. The summed E-state index contributed by atoms with van der Waals surface area (Å²) in [7, 11) is 0. The van der Waals surface area contributed by atoms with Crippen LogP contribution in [0.3, 0.4) is 0 Å². The molecule has 0 aromatic carbocycles. The second-order valence-corrected chi connectivity index (χ2v) is 3.40. The van der Waals surface area contributed by atoms with Gasteiger partial charge in [0.2, 0.25) is 0 Å². The number of carbonyl (C=O) groups is 1. The molecule has 0 aliphatic heterocycles. The minimum absolute atomic E-state index is 0.341. The van der Waals surface area contributed by atoms with Crippen LogP contribution < -0.4 is 0 Å². The van der Waals surface area contributed by atoms with Gasteiger partial charge in [0.05, 0.1) is 12.8 Å². The highest BCUT2D eigenvalue weighted by Gasteiger charge is 2.13. The van der Waals surface area contributed by atoms with Crippen molar-refractivity contribution in [2.75, 3.05) is 6.61 Å². The Labute approximate surface area is 83.1 Å². The third-order valence-electron chi connectivity index (χ3n) is 1.36. The van der Waals surface area contributed by atoms with E-state index in [2.05, 4.69) is 5.10 Å². The molecule has 0 bridgehead atoms. The number of halogens is 1. The van der Waals surface area contributed by atoms with Crippen molar-refractivity contribution in [3.8, 4) is 0 Å². The monoisotopic (exact) mass is 202 g/mol. The number of rotatable bonds is 2. The molecule has 1 heterocycles. The van der Waals surface area contributed by atoms with Gasteiger partial charge < -0.3 is 8.40 Å². The fourth-order valence-electron chi connectivity index (χ4n) is 0.768.